The lowest BCUT2D eigenvalue weighted by molar-refractivity contribution is 0.600. The average Bonchev–Trinajstić information content (AvgIpc) is 3.17. The molecule has 5 rings (SSSR count). The Morgan fingerprint density at radius 3 is 2.76 bits per heavy atom. The molecule has 0 saturated heterocycles. The van der Waals surface area contributed by atoms with Crippen molar-refractivity contribution in [2.24, 2.45) is 0 Å². The van der Waals surface area contributed by atoms with Crippen molar-refractivity contribution in [3.05, 3.63) is 81.8 Å². The first-order valence-corrected chi connectivity index (χ1v) is 10.5. The van der Waals surface area contributed by atoms with Crippen molar-refractivity contribution in [3.8, 4) is 17.3 Å². The van der Waals surface area contributed by atoms with Crippen LogP contribution in [0.3, 0.4) is 0 Å². The van der Waals surface area contributed by atoms with Crippen LogP contribution in [-0.4, -0.2) is 10.2 Å². The molecular formula is C24H19BrN4. The molecule has 0 bridgehead atoms. The van der Waals surface area contributed by atoms with Crippen molar-refractivity contribution in [3.63, 3.8) is 0 Å². The van der Waals surface area contributed by atoms with Crippen molar-refractivity contribution in [2.75, 3.05) is 5.32 Å². The van der Waals surface area contributed by atoms with E-state index in [4.69, 9.17) is 0 Å². The number of nitrogens with one attached hydrogen (secondary N) is 2. The number of nitrogens with zero attached hydrogens (tertiary/aromatic N) is 2. The third-order valence-electron chi connectivity index (χ3n) is 5.61. The highest BCUT2D eigenvalue weighted by molar-refractivity contribution is 9.10. The summed E-state index contributed by atoms with van der Waals surface area (Å²) in [5.41, 5.74) is 7.48. The fourth-order valence-electron chi connectivity index (χ4n) is 4.17. The number of rotatable bonds is 3. The van der Waals surface area contributed by atoms with Crippen LogP contribution in [0.15, 0.2) is 65.1 Å². The largest absolute Gasteiger partial charge is 0.378 e. The van der Waals surface area contributed by atoms with Gasteiger partial charge in [0.15, 0.2) is 0 Å². The van der Waals surface area contributed by atoms with E-state index in [1.165, 1.54) is 11.1 Å². The van der Waals surface area contributed by atoms with E-state index in [0.717, 1.165) is 57.1 Å². The third-order valence-corrected chi connectivity index (χ3v) is 6.14. The van der Waals surface area contributed by atoms with Gasteiger partial charge in [-0.25, -0.2) is 0 Å². The number of H-pyrrole nitrogens is 1. The minimum Gasteiger partial charge on any atom is -0.378 e. The lowest BCUT2D eigenvalue weighted by Crippen LogP contribution is -2.17. The monoisotopic (exact) mass is 442 g/mol. The molecule has 1 aromatic heterocycles. The molecule has 0 spiro atoms. The van der Waals surface area contributed by atoms with Gasteiger partial charge in [-0.15, -0.1) is 0 Å². The van der Waals surface area contributed by atoms with Gasteiger partial charge >= 0.3 is 0 Å². The summed E-state index contributed by atoms with van der Waals surface area (Å²) >= 11 is 3.49. The number of fused-ring (bicyclic) bond motifs is 2. The van der Waals surface area contributed by atoms with Crippen LogP contribution in [0.1, 0.15) is 35.6 Å². The van der Waals surface area contributed by atoms with Crippen LogP contribution in [0, 0.1) is 11.3 Å². The maximum Gasteiger partial charge on any atom is 0.1000 e. The summed E-state index contributed by atoms with van der Waals surface area (Å²) < 4.78 is 1.05. The number of hydrogen-bond acceptors (Lipinski definition) is 3. The Balaban J connectivity index is 1.49. The number of aromatic nitrogens is 2. The lowest BCUT2D eigenvalue weighted by Gasteiger charge is -2.27. The zero-order valence-electron chi connectivity index (χ0n) is 15.7. The number of hydrogen-bond donors (Lipinski definition) is 2. The van der Waals surface area contributed by atoms with E-state index >= 15 is 0 Å². The molecule has 3 aromatic carbocycles. The number of aromatic amines is 1. The topological polar surface area (TPSA) is 64.5 Å². The van der Waals surface area contributed by atoms with Gasteiger partial charge in [0.2, 0.25) is 0 Å². The maximum atomic E-state index is 9.18. The molecule has 5 heteroatoms. The van der Waals surface area contributed by atoms with Crippen LogP contribution < -0.4 is 5.32 Å². The summed E-state index contributed by atoms with van der Waals surface area (Å²) in [6.45, 7) is 0. The highest BCUT2D eigenvalue weighted by Crippen LogP contribution is 2.35. The van der Waals surface area contributed by atoms with Gasteiger partial charge in [0.25, 0.3) is 0 Å². The zero-order chi connectivity index (χ0) is 19.8. The molecule has 0 radical (unpaired) electrons. The Hall–Kier alpha value is -3.10. The molecule has 2 N–H and O–H groups in total. The first-order chi connectivity index (χ1) is 14.2. The summed E-state index contributed by atoms with van der Waals surface area (Å²) in [5.74, 6) is 0. The van der Waals surface area contributed by atoms with E-state index in [9.17, 15) is 5.26 Å². The second-order valence-corrected chi connectivity index (χ2v) is 8.37. The highest BCUT2D eigenvalue weighted by atomic mass is 79.9. The summed E-state index contributed by atoms with van der Waals surface area (Å²) in [7, 11) is 0. The van der Waals surface area contributed by atoms with Crippen LogP contribution in [0.4, 0.5) is 5.69 Å². The number of halogens is 1. The number of anilines is 1. The van der Waals surface area contributed by atoms with Gasteiger partial charge in [-0.2, -0.15) is 10.4 Å². The Bertz CT molecular complexity index is 1230. The van der Waals surface area contributed by atoms with Gasteiger partial charge in [0, 0.05) is 21.1 Å². The molecule has 142 valence electrons. The number of aryl methyl sites for hydroxylation is 1. The van der Waals surface area contributed by atoms with Crippen LogP contribution in [-0.2, 0) is 6.42 Å². The fourth-order valence-corrected chi connectivity index (χ4v) is 4.43. The number of nitriles is 1. The van der Waals surface area contributed by atoms with Crippen LogP contribution >= 0.6 is 15.9 Å². The standard InChI is InChI=1S/C24H19BrN4/c25-18-7-5-16(6-8-18)24-21-13-19(9-11-23(21)28-29-24)27-22-3-1-2-17-12-15(14-26)4-10-20(17)22/h4-13,22,27H,1-3H2,(H,28,29)/t22-/m0/s1. The Labute approximate surface area is 177 Å². The summed E-state index contributed by atoms with van der Waals surface area (Å²) in [6, 6.07) is 23.1. The predicted molar refractivity (Wildman–Crippen MR) is 120 cm³/mol. The van der Waals surface area contributed by atoms with E-state index in [-0.39, 0.29) is 6.04 Å². The molecule has 1 aliphatic rings. The zero-order valence-corrected chi connectivity index (χ0v) is 17.3. The SMILES string of the molecule is N#Cc1ccc2c(c1)CCC[C@@H]2Nc1ccc2[nH]nc(-c3ccc(Br)cc3)c2c1. The van der Waals surface area contributed by atoms with E-state index in [1.807, 2.05) is 24.3 Å². The molecule has 4 aromatic rings. The van der Waals surface area contributed by atoms with E-state index < -0.39 is 0 Å². The van der Waals surface area contributed by atoms with Gasteiger partial charge < -0.3 is 5.32 Å². The minimum atomic E-state index is 0.256. The fraction of sp³-hybridized carbons (Fsp3) is 0.167. The first kappa shape index (κ1) is 18.0. The molecule has 0 fully saturated rings. The molecular weight excluding hydrogens is 424 g/mol. The van der Waals surface area contributed by atoms with Crippen molar-refractivity contribution >= 4 is 32.5 Å². The summed E-state index contributed by atoms with van der Waals surface area (Å²) in [4.78, 5) is 0. The smallest absolute Gasteiger partial charge is 0.1000 e. The average molecular weight is 443 g/mol. The molecule has 29 heavy (non-hydrogen) atoms. The van der Waals surface area contributed by atoms with Gasteiger partial charge in [-0.1, -0.05) is 34.1 Å². The second-order valence-electron chi connectivity index (χ2n) is 7.45. The van der Waals surface area contributed by atoms with E-state index in [1.54, 1.807) is 0 Å². The Kier molecular flexibility index (Phi) is 4.57. The van der Waals surface area contributed by atoms with Gasteiger partial charge in [0.1, 0.15) is 0 Å². The van der Waals surface area contributed by atoms with Crippen molar-refractivity contribution in [2.45, 2.75) is 25.3 Å². The molecule has 1 aliphatic carbocycles. The summed E-state index contributed by atoms with van der Waals surface area (Å²) in [6.07, 6.45) is 3.25. The molecule has 1 atom stereocenters. The predicted octanol–water partition coefficient (Wildman–Crippen LogP) is 6.35. The van der Waals surface area contributed by atoms with Crippen LogP contribution in [0.5, 0.6) is 0 Å². The van der Waals surface area contributed by atoms with Gasteiger partial charge in [-0.05, 0) is 72.9 Å². The van der Waals surface area contributed by atoms with E-state index in [0.29, 0.717) is 0 Å². The summed E-state index contributed by atoms with van der Waals surface area (Å²) in [5, 5.41) is 21.7. The maximum absolute atomic E-state index is 9.18. The van der Waals surface area contributed by atoms with Crippen LogP contribution in [0.2, 0.25) is 0 Å². The quantitative estimate of drug-likeness (QED) is 0.388. The molecule has 4 nitrogen and oxygen atoms in total. The van der Waals surface area contributed by atoms with Crippen LogP contribution in [0.25, 0.3) is 22.2 Å². The third kappa shape index (κ3) is 3.41. The Morgan fingerprint density at radius 2 is 1.93 bits per heavy atom. The van der Waals surface area contributed by atoms with Gasteiger partial charge in [-0.3, -0.25) is 5.10 Å². The van der Waals surface area contributed by atoms with Gasteiger partial charge in [0.05, 0.1) is 28.9 Å². The van der Waals surface area contributed by atoms with Crippen molar-refractivity contribution in [1.29, 1.82) is 5.26 Å². The first-order valence-electron chi connectivity index (χ1n) is 9.75. The minimum absolute atomic E-state index is 0.256. The normalized spacial score (nSPS) is 15.7. The van der Waals surface area contributed by atoms with Crippen molar-refractivity contribution < 1.29 is 0 Å². The van der Waals surface area contributed by atoms with E-state index in [2.05, 4.69) is 73.9 Å². The van der Waals surface area contributed by atoms with Crippen molar-refractivity contribution in [1.82, 2.24) is 10.2 Å². The second kappa shape index (κ2) is 7.38. The molecule has 0 aliphatic heterocycles. The highest BCUT2D eigenvalue weighted by Gasteiger charge is 2.21. The lowest BCUT2D eigenvalue weighted by atomic mass is 9.86. The molecule has 0 saturated carbocycles. The molecule has 0 amide bonds. The molecule has 0 unspecified atom stereocenters. The number of benzene rings is 3. The Morgan fingerprint density at radius 1 is 1.07 bits per heavy atom. The molecule has 1 heterocycles.